The molecule has 90 valence electrons. The van der Waals surface area contributed by atoms with Crippen LogP contribution in [0, 0.1) is 0 Å². The highest BCUT2D eigenvalue weighted by Crippen LogP contribution is 2.37. The number of rotatable bonds is 3. The van der Waals surface area contributed by atoms with Gasteiger partial charge in [-0.1, -0.05) is 0 Å². The third-order valence-electron chi connectivity index (χ3n) is 2.07. The van der Waals surface area contributed by atoms with E-state index in [4.69, 9.17) is 5.11 Å². The van der Waals surface area contributed by atoms with Gasteiger partial charge in [-0.25, -0.2) is 0 Å². The maximum atomic E-state index is 12.4. The molecule has 0 aliphatic rings. The number of phenols is 1. The SMILES string of the molecule is OCCCc1cc(C(F)(F)F)cc(Br)c1O. The van der Waals surface area contributed by atoms with Crippen molar-refractivity contribution < 1.29 is 23.4 Å². The van der Waals surface area contributed by atoms with Gasteiger partial charge in [0.15, 0.2) is 0 Å². The lowest BCUT2D eigenvalue weighted by atomic mass is 10.1. The molecule has 1 aromatic rings. The zero-order valence-corrected chi connectivity index (χ0v) is 9.77. The van der Waals surface area contributed by atoms with Gasteiger partial charge < -0.3 is 10.2 Å². The second kappa shape index (κ2) is 5.05. The number of hydrogen-bond donors (Lipinski definition) is 2. The monoisotopic (exact) mass is 298 g/mol. The highest BCUT2D eigenvalue weighted by molar-refractivity contribution is 9.10. The molecule has 0 aliphatic carbocycles. The van der Waals surface area contributed by atoms with Crippen LogP contribution in [0.2, 0.25) is 0 Å². The first-order valence-corrected chi connectivity index (χ1v) is 5.35. The van der Waals surface area contributed by atoms with Crippen LogP contribution in [0.15, 0.2) is 16.6 Å². The van der Waals surface area contributed by atoms with Gasteiger partial charge in [0.2, 0.25) is 0 Å². The highest BCUT2D eigenvalue weighted by atomic mass is 79.9. The second-order valence-corrected chi connectivity index (χ2v) is 4.15. The van der Waals surface area contributed by atoms with Gasteiger partial charge in [-0.2, -0.15) is 13.2 Å². The number of aliphatic hydroxyl groups excluding tert-OH is 1. The Balaban J connectivity index is 3.12. The summed E-state index contributed by atoms with van der Waals surface area (Å²) < 4.78 is 37.4. The molecule has 0 unspecified atom stereocenters. The van der Waals surface area contributed by atoms with Crippen LogP contribution < -0.4 is 0 Å². The van der Waals surface area contributed by atoms with E-state index >= 15 is 0 Å². The Morgan fingerprint density at radius 1 is 1.25 bits per heavy atom. The van der Waals surface area contributed by atoms with E-state index in [-0.39, 0.29) is 28.8 Å². The van der Waals surface area contributed by atoms with E-state index in [9.17, 15) is 18.3 Å². The van der Waals surface area contributed by atoms with E-state index in [0.29, 0.717) is 6.42 Å². The molecule has 0 heterocycles. The largest absolute Gasteiger partial charge is 0.506 e. The smallest absolute Gasteiger partial charge is 0.416 e. The van der Waals surface area contributed by atoms with Crippen molar-refractivity contribution in [1.82, 2.24) is 0 Å². The van der Waals surface area contributed by atoms with Crippen LogP contribution in [0.25, 0.3) is 0 Å². The number of phenolic OH excluding ortho intramolecular Hbond substituents is 1. The summed E-state index contributed by atoms with van der Waals surface area (Å²) in [7, 11) is 0. The number of alkyl halides is 3. The van der Waals surface area contributed by atoms with Crippen LogP contribution in [-0.2, 0) is 12.6 Å². The predicted octanol–water partition coefficient (Wildman–Crippen LogP) is 3.10. The molecule has 2 N–H and O–H groups in total. The molecule has 0 atom stereocenters. The van der Waals surface area contributed by atoms with Crippen LogP contribution in [0.4, 0.5) is 13.2 Å². The molecule has 0 saturated heterocycles. The third-order valence-corrected chi connectivity index (χ3v) is 2.68. The van der Waals surface area contributed by atoms with Crippen molar-refractivity contribution in [2.45, 2.75) is 19.0 Å². The van der Waals surface area contributed by atoms with E-state index in [1.807, 2.05) is 0 Å². The summed E-state index contributed by atoms with van der Waals surface area (Å²) in [6.45, 7) is -0.132. The molecule has 1 aromatic carbocycles. The molecule has 0 saturated carbocycles. The molecular formula is C10H10BrF3O2. The van der Waals surface area contributed by atoms with Crippen molar-refractivity contribution in [2.24, 2.45) is 0 Å². The van der Waals surface area contributed by atoms with E-state index in [1.165, 1.54) is 0 Å². The lowest BCUT2D eigenvalue weighted by Crippen LogP contribution is -2.06. The predicted molar refractivity (Wildman–Crippen MR) is 56.2 cm³/mol. The van der Waals surface area contributed by atoms with Crippen LogP contribution in [0.1, 0.15) is 17.5 Å². The van der Waals surface area contributed by atoms with Gasteiger partial charge in [0.25, 0.3) is 0 Å². The average Bonchev–Trinajstić information content (AvgIpc) is 2.18. The van der Waals surface area contributed by atoms with Crippen LogP contribution in [-0.4, -0.2) is 16.8 Å². The second-order valence-electron chi connectivity index (χ2n) is 3.29. The lowest BCUT2D eigenvalue weighted by Gasteiger charge is -2.12. The number of benzene rings is 1. The highest BCUT2D eigenvalue weighted by Gasteiger charge is 2.31. The van der Waals surface area contributed by atoms with Crippen molar-refractivity contribution in [2.75, 3.05) is 6.61 Å². The summed E-state index contributed by atoms with van der Waals surface area (Å²) in [4.78, 5) is 0. The first-order valence-electron chi connectivity index (χ1n) is 4.55. The van der Waals surface area contributed by atoms with Crippen molar-refractivity contribution in [1.29, 1.82) is 0 Å². The Morgan fingerprint density at radius 2 is 1.88 bits per heavy atom. The normalized spacial score (nSPS) is 11.8. The Kier molecular flexibility index (Phi) is 4.21. The van der Waals surface area contributed by atoms with Crippen molar-refractivity contribution in [3.8, 4) is 5.75 Å². The maximum Gasteiger partial charge on any atom is 0.416 e. The number of aromatic hydroxyl groups is 1. The minimum atomic E-state index is -4.44. The molecule has 0 radical (unpaired) electrons. The van der Waals surface area contributed by atoms with Gasteiger partial charge in [-0.15, -0.1) is 0 Å². The topological polar surface area (TPSA) is 40.5 Å². The molecular weight excluding hydrogens is 289 g/mol. The zero-order valence-electron chi connectivity index (χ0n) is 8.18. The fraction of sp³-hybridized carbons (Fsp3) is 0.400. The maximum absolute atomic E-state index is 12.4. The third kappa shape index (κ3) is 3.12. The van der Waals surface area contributed by atoms with Crippen molar-refractivity contribution in [3.63, 3.8) is 0 Å². The Morgan fingerprint density at radius 3 is 2.38 bits per heavy atom. The average molecular weight is 299 g/mol. The minimum Gasteiger partial charge on any atom is -0.506 e. The standard InChI is InChI=1S/C10H10BrF3O2/c11-8-5-7(10(12,13)14)4-6(9(8)16)2-1-3-15/h4-5,15-16H,1-3H2. The number of hydrogen-bond acceptors (Lipinski definition) is 2. The van der Waals surface area contributed by atoms with Gasteiger partial charge in [-0.05, 0) is 46.5 Å². The number of aryl methyl sites for hydroxylation is 1. The summed E-state index contributed by atoms with van der Waals surface area (Å²) in [5.41, 5.74) is -0.638. The fourth-order valence-electron chi connectivity index (χ4n) is 1.28. The van der Waals surface area contributed by atoms with Crippen LogP contribution in [0.5, 0.6) is 5.75 Å². The Labute approximate surface area is 98.8 Å². The van der Waals surface area contributed by atoms with E-state index < -0.39 is 11.7 Å². The molecule has 0 spiro atoms. The van der Waals surface area contributed by atoms with Crippen LogP contribution in [0.3, 0.4) is 0 Å². The molecule has 0 aromatic heterocycles. The number of halogens is 4. The first kappa shape index (κ1) is 13.3. The van der Waals surface area contributed by atoms with Gasteiger partial charge in [0, 0.05) is 6.61 Å². The molecule has 0 amide bonds. The quantitative estimate of drug-likeness (QED) is 0.900. The summed E-state index contributed by atoms with van der Waals surface area (Å²) in [5.74, 6) is -0.207. The fourth-order valence-corrected chi connectivity index (χ4v) is 1.78. The zero-order chi connectivity index (χ0) is 12.3. The van der Waals surface area contributed by atoms with Gasteiger partial charge in [0.1, 0.15) is 5.75 Å². The minimum absolute atomic E-state index is 0.00950. The summed E-state index contributed by atoms with van der Waals surface area (Å²) >= 11 is 2.87. The van der Waals surface area contributed by atoms with Gasteiger partial charge >= 0.3 is 6.18 Å². The summed E-state index contributed by atoms with van der Waals surface area (Å²) in [6.07, 6.45) is -3.93. The molecule has 0 bridgehead atoms. The molecule has 6 heteroatoms. The molecule has 16 heavy (non-hydrogen) atoms. The van der Waals surface area contributed by atoms with E-state index in [0.717, 1.165) is 12.1 Å². The number of aliphatic hydroxyl groups is 1. The summed E-state index contributed by atoms with van der Waals surface area (Å²) in [6, 6.07) is 1.73. The lowest BCUT2D eigenvalue weighted by molar-refractivity contribution is -0.137. The van der Waals surface area contributed by atoms with E-state index in [1.54, 1.807) is 0 Å². The van der Waals surface area contributed by atoms with Crippen molar-refractivity contribution in [3.05, 3.63) is 27.7 Å². The van der Waals surface area contributed by atoms with Crippen molar-refractivity contribution >= 4 is 15.9 Å². The Bertz CT molecular complexity index is 377. The molecule has 0 aliphatic heterocycles. The first-order chi connectivity index (χ1) is 7.36. The van der Waals surface area contributed by atoms with Crippen LogP contribution >= 0.6 is 15.9 Å². The van der Waals surface area contributed by atoms with Gasteiger partial charge in [0.05, 0.1) is 10.0 Å². The summed E-state index contributed by atoms with van der Waals surface area (Å²) in [5, 5.41) is 18.1. The molecule has 1 rings (SSSR count). The Hall–Kier alpha value is -0.750. The molecule has 2 nitrogen and oxygen atoms in total. The van der Waals surface area contributed by atoms with Gasteiger partial charge in [-0.3, -0.25) is 0 Å². The molecule has 0 fully saturated rings. The van der Waals surface area contributed by atoms with E-state index in [2.05, 4.69) is 15.9 Å².